The highest BCUT2D eigenvalue weighted by molar-refractivity contribution is 5.61. The number of benzene rings is 1. The maximum absolute atomic E-state index is 9.36. The number of hydrogen-bond acceptors (Lipinski definition) is 3. The van der Waals surface area contributed by atoms with Crippen LogP contribution in [0.2, 0.25) is 0 Å². The summed E-state index contributed by atoms with van der Waals surface area (Å²) < 4.78 is 0. The number of nitrogens with zero attached hydrogens (tertiary/aromatic N) is 2. The third-order valence-electron chi connectivity index (χ3n) is 4.05. The molecule has 0 aromatic heterocycles. The van der Waals surface area contributed by atoms with Crippen LogP contribution in [0.3, 0.4) is 0 Å². The van der Waals surface area contributed by atoms with E-state index in [4.69, 9.17) is 0 Å². The van der Waals surface area contributed by atoms with Crippen LogP contribution in [0.5, 0.6) is 0 Å². The molecule has 1 saturated heterocycles. The smallest absolute Gasteiger partial charge is 0.101 e. The van der Waals surface area contributed by atoms with E-state index < -0.39 is 0 Å². The van der Waals surface area contributed by atoms with E-state index in [0.29, 0.717) is 12.1 Å². The van der Waals surface area contributed by atoms with Crippen LogP contribution >= 0.6 is 0 Å². The van der Waals surface area contributed by atoms with Gasteiger partial charge in [0.05, 0.1) is 11.3 Å². The van der Waals surface area contributed by atoms with Crippen molar-refractivity contribution in [3.63, 3.8) is 0 Å². The molecule has 3 heteroatoms. The zero-order valence-corrected chi connectivity index (χ0v) is 12.1. The van der Waals surface area contributed by atoms with Gasteiger partial charge in [0.15, 0.2) is 0 Å². The van der Waals surface area contributed by atoms with Gasteiger partial charge in [-0.1, -0.05) is 19.9 Å². The quantitative estimate of drug-likeness (QED) is 0.905. The molecule has 1 aromatic rings. The van der Waals surface area contributed by atoms with E-state index in [-0.39, 0.29) is 0 Å². The highest BCUT2D eigenvalue weighted by Gasteiger charge is 2.27. The molecule has 2 atom stereocenters. The van der Waals surface area contributed by atoms with Gasteiger partial charge in [-0.2, -0.15) is 5.26 Å². The Morgan fingerprint density at radius 3 is 2.79 bits per heavy atom. The molecular formula is C16H23N3. The van der Waals surface area contributed by atoms with Crippen LogP contribution in [0, 0.1) is 18.3 Å². The Labute approximate surface area is 116 Å². The molecule has 19 heavy (non-hydrogen) atoms. The zero-order chi connectivity index (χ0) is 13.8. The molecule has 1 N–H and O–H groups in total. The Hall–Kier alpha value is -1.53. The lowest BCUT2D eigenvalue weighted by atomic mass is 10.0. The number of nitriles is 1. The van der Waals surface area contributed by atoms with Crippen LogP contribution in [-0.4, -0.2) is 25.2 Å². The zero-order valence-electron chi connectivity index (χ0n) is 12.1. The Kier molecular flexibility index (Phi) is 4.44. The lowest BCUT2D eigenvalue weighted by Crippen LogP contribution is -2.56. The molecule has 3 nitrogen and oxygen atoms in total. The Morgan fingerprint density at radius 2 is 2.16 bits per heavy atom. The van der Waals surface area contributed by atoms with Crippen LogP contribution in [0.25, 0.3) is 0 Å². The van der Waals surface area contributed by atoms with E-state index in [9.17, 15) is 5.26 Å². The first-order valence-electron chi connectivity index (χ1n) is 7.20. The topological polar surface area (TPSA) is 39.1 Å². The SMILES string of the molecule is CCC1CN(c2ccc(C)cc2C#N)C(CC)CN1. The maximum Gasteiger partial charge on any atom is 0.101 e. The van der Waals surface area contributed by atoms with Gasteiger partial charge in [-0.05, 0) is 37.5 Å². The molecule has 0 spiro atoms. The Balaban J connectivity index is 2.34. The molecule has 1 aromatic carbocycles. The van der Waals surface area contributed by atoms with Gasteiger partial charge in [-0.3, -0.25) is 0 Å². The van der Waals surface area contributed by atoms with Crippen molar-refractivity contribution in [2.75, 3.05) is 18.0 Å². The van der Waals surface area contributed by atoms with Crippen molar-refractivity contribution in [3.8, 4) is 6.07 Å². The number of hydrogen-bond donors (Lipinski definition) is 1. The minimum Gasteiger partial charge on any atom is -0.365 e. The summed E-state index contributed by atoms with van der Waals surface area (Å²) in [5.41, 5.74) is 3.05. The minimum atomic E-state index is 0.484. The van der Waals surface area contributed by atoms with Crippen molar-refractivity contribution in [1.29, 1.82) is 5.26 Å². The summed E-state index contributed by atoms with van der Waals surface area (Å²) >= 11 is 0. The van der Waals surface area contributed by atoms with Crippen molar-refractivity contribution in [2.45, 2.75) is 45.7 Å². The van der Waals surface area contributed by atoms with E-state index in [1.165, 1.54) is 0 Å². The summed E-state index contributed by atoms with van der Waals surface area (Å²) in [6.07, 6.45) is 2.23. The summed E-state index contributed by atoms with van der Waals surface area (Å²) in [7, 11) is 0. The molecule has 1 heterocycles. The van der Waals surface area contributed by atoms with Gasteiger partial charge in [-0.15, -0.1) is 0 Å². The number of aryl methyl sites for hydroxylation is 1. The molecule has 2 unspecified atom stereocenters. The molecule has 2 rings (SSSR count). The first kappa shape index (κ1) is 13.9. The van der Waals surface area contributed by atoms with Gasteiger partial charge in [-0.25, -0.2) is 0 Å². The first-order chi connectivity index (χ1) is 9.19. The van der Waals surface area contributed by atoms with E-state index in [0.717, 1.165) is 42.7 Å². The summed E-state index contributed by atoms with van der Waals surface area (Å²) in [5, 5.41) is 13.0. The van der Waals surface area contributed by atoms with E-state index in [2.05, 4.69) is 42.3 Å². The second-order valence-corrected chi connectivity index (χ2v) is 5.36. The molecule has 0 amide bonds. The molecule has 0 bridgehead atoms. The van der Waals surface area contributed by atoms with E-state index in [1.54, 1.807) is 0 Å². The minimum absolute atomic E-state index is 0.484. The second kappa shape index (κ2) is 6.08. The van der Waals surface area contributed by atoms with Crippen LogP contribution in [0.1, 0.15) is 37.8 Å². The van der Waals surface area contributed by atoms with E-state index in [1.807, 2.05) is 13.0 Å². The number of anilines is 1. The third kappa shape index (κ3) is 2.90. The monoisotopic (exact) mass is 257 g/mol. The summed E-state index contributed by atoms with van der Waals surface area (Å²) in [5.74, 6) is 0. The summed E-state index contributed by atoms with van der Waals surface area (Å²) in [6.45, 7) is 8.46. The molecule has 0 radical (unpaired) electrons. The molecule has 0 aliphatic carbocycles. The van der Waals surface area contributed by atoms with Gasteiger partial charge in [0, 0.05) is 25.2 Å². The average Bonchev–Trinajstić information content (AvgIpc) is 2.46. The highest BCUT2D eigenvalue weighted by atomic mass is 15.2. The van der Waals surface area contributed by atoms with Crippen LogP contribution in [0.15, 0.2) is 18.2 Å². The molecule has 0 saturated carbocycles. The van der Waals surface area contributed by atoms with Gasteiger partial charge in [0.1, 0.15) is 6.07 Å². The predicted octanol–water partition coefficient (Wildman–Crippen LogP) is 2.83. The van der Waals surface area contributed by atoms with Crippen molar-refractivity contribution in [3.05, 3.63) is 29.3 Å². The van der Waals surface area contributed by atoms with Gasteiger partial charge in [0.25, 0.3) is 0 Å². The van der Waals surface area contributed by atoms with Gasteiger partial charge < -0.3 is 10.2 Å². The number of piperazine rings is 1. The first-order valence-corrected chi connectivity index (χ1v) is 7.20. The van der Waals surface area contributed by atoms with Crippen molar-refractivity contribution in [2.24, 2.45) is 0 Å². The number of rotatable bonds is 3. The highest BCUT2D eigenvalue weighted by Crippen LogP contribution is 2.26. The summed E-state index contributed by atoms with van der Waals surface area (Å²) in [6, 6.07) is 9.56. The summed E-state index contributed by atoms with van der Waals surface area (Å²) in [4.78, 5) is 2.42. The molecule has 1 aliphatic heterocycles. The largest absolute Gasteiger partial charge is 0.365 e. The fourth-order valence-corrected chi connectivity index (χ4v) is 2.79. The fourth-order valence-electron chi connectivity index (χ4n) is 2.79. The number of nitrogens with one attached hydrogen (secondary N) is 1. The lowest BCUT2D eigenvalue weighted by molar-refractivity contribution is 0.378. The van der Waals surface area contributed by atoms with Gasteiger partial charge in [0.2, 0.25) is 0 Å². The van der Waals surface area contributed by atoms with Crippen molar-refractivity contribution < 1.29 is 0 Å². The van der Waals surface area contributed by atoms with Crippen molar-refractivity contribution >= 4 is 5.69 Å². The predicted molar refractivity (Wildman–Crippen MR) is 79.4 cm³/mol. The van der Waals surface area contributed by atoms with Crippen LogP contribution < -0.4 is 10.2 Å². The average molecular weight is 257 g/mol. The third-order valence-corrected chi connectivity index (χ3v) is 4.05. The normalized spacial score (nSPS) is 23.2. The molecule has 1 fully saturated rings. The molecular weight excluding hydrogens is 234 g/mol. The molecule has 102 valence electrons. The van der Waals surface area contributed by atoms with Gasteiger partial charge >= 0.3 is 0 Å². The Bertz CT molecular complexity index is 475. The fraction of sp³-hybridized carbons (Fsp3) is 0.562. The molecule has 1 aliphatic rings. The Morgan fingerprint density at radius 1 is 1.37 bits per heavy atom. The van der Waals surface area contributed by atoms with Crippen molar-refractivity contribution in [1.82, 2.24) is 5.32 Å². The lowest BCUT2D eigenvalue weighted by Gasteiger charge is -2.42. The maximum atomic E-state index is 9.36. The van der Waals surface area contributed by atoms with Crippen LogP contribution in [-0.2, 0) is 0 Å². The van der Waals surface area contributed by atoms with E-state index >= 15 is 0 Å². The second-order valence-electron chi connectivity index (χ2n) is 5.36. The standard InChI is InChI=1S/C16H23N3/c1-4-14-11-19(15(5-2)10-18-14)16-7-6-12(3)8-13(16)9-17/h6-8,14-15,18H,4-5,10-11H2,1-3H3. The van der Waals surface area contributed by atoms with Crippen LogP contribution in [0.4, 0.5) is 5.69 Å².